The Hall–Kier alpha value is -1.95. The van der Waals surface area contributed by atoms with E-state index in [0.29, 0.717) is 5.41 Å². The van der Waals surface area contributed by atoms with Crippen LogP contribution in [0.4, 0.5) is 0 Å². The zero-order valence-electron chi connectivity index (χ0n) is 23.0. The minimum absolute atomic E-state index is 0.493. The van der Waals surface area contributed by atoms with Crippen molar-refractivity contribution in [3.8, 4) is 0 Å². The van der Waals surface area contributed by atoms with Gasteiger partial charge in [-0.25, -0.2) is 0 Å². The van der Waals surface area contributed by atoms with Crippen molar-refractivity contribution in [1.82, 2.24) is 0 Å². The molecule has 0 fully saturated rings. The van der Waals surface area contributed by atoms with Crippen molar-refractivity contribution in [2.75, 3.05) is 13.0 Å². The Bertz CT molecular complexity index is 850. The van der Waals surface area contributed by atoms with Gasteiger partial charge < -0.3 is 4.74 Å². The predicted octanol–water partition coefficient (Wildman–Crippen LogP) is 8.90. The average molecular weight is 504 g/mol. The molecule has 0 N–H and O–H groups in total. The third kappa shape index (κ3) is 9.17. The molecule has 0 saturated heterocycles. The molecule has 0 aliphatic carbocycles. The van der Waals surface area contributed by atoms with E-state index in [4.69, 9.17) is 4.74 Å². The van der Waals surface area contributed by atoms with Gasteiger partial charge in [0.1, 0.15) is 23.2 Å². The monoisotopic (exact) mass is 503 g/mol. The lowest BCUT2D eigenvalue weighted by Crippen LogP contribution is -2.34. The van der Waals surface area contributed by atoms with Gasteiger partial charge in [-0.05, 0) is 54.7 Å². The van der Waals surface area contributed by atoms with Gasteiger partial charge in [-0.3, -0.25) is 0 Å². The largest absolute Gasteiger partial charge is 0.345 e. The van der Waals surface area contributed by atoms with Crippen LogP contribution >= 0.6 is 7.26 Å². The van der Waals surface area contributed by atoms with Crippen molar-refractivity contribution >= 4 is 23.2 Å². The summed E-state index contributed by atoms with van der Waals surface area (Å²) in [7, 11) is -1.87. The Kier molecular flexibility index (Phi) is 12.2. The molecule has 1 nitrogen and oxygen atoms in total. The van der Waals surface area contributed by atoms with Gasteiger partial charge >= 0.3 is 0 Å². The maximum atomic E-state index is 6.51. The van der Waals surface area contributed by atoms with Crippen molar-refractivity contribution in [3.05, 3.63) is 91.0 Å². The van der Waals surface area contributed by atoms with Crippen LogP contribution in [-0.4, -0.2) is 13.0 Å². The van der Waals surface area contributed by atoms with Crippen LogP contribution < -0.4 is 15.9 Å². The van der Waals surface area contributed by atoms with Gasteiger partial charge in [0.25, 0.3) is 0 Å². The molecule has 36 heavy (non-hydrogen) atoms. The standard InChI is InChI=1S/C34H48OP/c1-34(2,3)28-20-9-7-5-4-6-8-10-21-29-35-30-36(31-22-14-11-15-23-31,32-24-16-12-17-25-32)33-26-18-13-19-27-33/h11-19,22-27H,4-10,20-21,28-30H2,1-3H3/q+1. The predicted molar refractivity (Wildman–Crippen MR) is 162 cm³/mol. The summed E-state index contributed by atoms with van der Waals surface area (Å²) in [6.45, 7) is 7.90. The fourth-order valence-corrected chi connectivity index (χ4v) is 8.80. The van der Waals surface area contributed by atoms with Crippen LogP contribution in [0, 0.1) is 5.41 Å². The Balaban J connectivity index is 1.47. The Labute approximate surface area is 222 Å². The van der Waals surface area contributed by atoms with E-state index in [1.165, 1.54) is 73.7 Å². The molecule has 0 atom stereocenters. The molecule has 194 valence electrons. The fraction of sp³-hybridized carbons (Fsp3) is 0.471. The second kappa shape index (κ2) is 15.3. The molecule has 0 saturated carbocycles. The summed E-state index contributed by atoms with van der Waals surface area (Å²) < 4.78 is 6.51. The van der Waals surface area contributed by atoms with Crippen LogP contribution in [0.5, 0.6) is 0 Å². The first-order valence-corrected chi connectivity index (χ1v) is 16.1. The number of hydrogen-bond acceptors (Lipinski definition) is 1. The van der Waals surface area contributed by atoms with Gasteiger partial charge in [0.2, 0.25) is 0 Å². The van der Waals surface area contributed by atoms with Crippen molar-refractivity contribution in [3.63, 3.8) is 0 Å². The Morgan fingerprint density at radius 2 is 0.861 bits per heavy atom. The quantitative estimate of drug-likeness (QED) is 0.140. The minimum atomic E-state index is -1.87. The van der Waals surface area contributed by atoms with Gasteiger partial charge in [-0.2, -0.15) is 0 Å². The van der Waals surface area contributed by atoms with Crippen molar-refractivity contribution in [2.24, 2.45) is 5.41 Å². The normalized spacial score (nSPS) is 12.1. The molecule has 0 spiro atoms. The molecule has 3 rings (SSSR count). The highest BCUT2D eigenvalue weighted by Crippen LogP contribution is 2.55. The number of benzene rings is 3. The molecular formula is C34H48OP+. The Morgan fingerprint density at radius 3 is 1.25 bits per heavy atom. The summed E-state index contributed by atoms with van der Waals surface area (Å²) in [6.07, 6.45) is 14.2. The smallest absolute Gasteiger partial charge is 0.171 e. The zero-order chi connectivity index (χ0) is 25.5. The first-order valence-electron chi connectivity index (χ1n) is 14.2. The van der Waals surface area contributed by atoms with Crippen LogP contribution in [0.1, 0.15) is 85.0 Å². The summed E-state index contributed by atoms with van der Waals surface area (Å²) in [4.78, 5) is 0. The van der Waals surface area contributed by atoms with E-state index in [2.05, 4.69) is 112 Å². The van der Waals surface area contributed by atoms with Crippen molar-refractivity contribution in [2.45, 2.75) is 85.0 Å². The highest BCUT2D eigenvalue weighted by Gasteiger charge is 2.45. The minimum Gasteiger partial charge on any atom is -0.345 e. The first-order chi connectivity index (χ1) is 17.5. The van der Waals surface area contributed by atoms with E-state index in [1.54, 1.807) is 0 Å². The molecule has 0 unspecified atom stereocenters. The maximum absolute atomic E-state index is 6.51. The maximum Gasteiger partial charge on any atom is 0.171 e. The Morgan fingerprint density at radius 1 is 0.500 bits per heavy atom. The van der Waals surface area contributed by atoms with Crippen LogP contribution in [0.15, 0.2) is 91.0 Å². The summed E-state index contributed by atoms with van der Waals surface area (Å²) in [6, 6.07) is 33.1. The second-order valence-electron chi connectivity index (χ2n) is 11.3. The van der Waals surface area contributed by atoms with Crippen molar-refractivity contribution in [1.29, 1.82) is 0 Å². The van der Waals surface area contributed by atoms with E-state index in [9.17, 15) is 0 Å². The number of unbranched alkanes of at least 4 members (excludes halogenated alkanes) is 8. The summed E-state index contributed by atoms with van der Waals surface area (Å²) in [5.74, 6) is 0. The third-order valence-electron chi connectivity index (χ3n) is 7.09. The molecule has 3 aromatic rings. The molecule has 0 aliphatic heterocycles. The SMILES string of the molecule is CC(C)(C)CCCCCCCCCCCOC[P+](c1ccccc1)(c1ccccc1)c1ccccc1. The molecule has 2 heteroatoms. The lowest BCUT2D eigenvalue weighted by Gasteiger charge is -2.27. The van der Waals surface area contributed by atoms with E-state index < -0.39 is 7.26 Å². The van der Waals surface area contributed by atoms with Gasteiger partial charge in [0.15, 0.2) is 6.35 Å². The van der Waals surface area contributed by atoms with Gasteiger partial charge in [0.05, 0.1) is 6.61 Å². The highest BCUT2D eigenvalue weighted by molar-refractivity contribution is 7.95. The van der Waals surface area contributed by atoms with Crippen LogP contribution in [-0.2, 0) is 4.74 Å². The fourth-order valence-electron chi connectivity index (χ4n) is 5.02. The summed E-state index contributed by atoms with van der Waals surface area (Å²) in [5, 5.41) is 4.18. The van der Waals surface area contributed by atoms with E-state index in [1.807, 2.05) is 0 Å². The molecule has 0 aromatic heterocycles. The lowest BCUT2D eigenvalue weighted by atomic mass is 9.89. The molecule has 0 heterocycles. The molecule has 0 aliphatic rings. The van der Waals surface area contributed by atoms with Crippen molar-refractivity contribution < 1.29 is 4.74 Å². The van der Waals surface area contributed by atoms with Gasteiger partial charge in [-0.1, -0.05) is 127 Å². The number of rotatable bonds is 16. The third-order valence-corrected chi connectivity index (χ3v) is 11.2. The molecule has 0 bridgehead atoms. The number of hydrogen-bond donors (Lipinski definition) is 0. The molecule has 3 aromatic carbocycles. The van der Waals surface area contributed by atoms with Gasteiger partial charge in [-0.15, -0.1) is 0 Å². The highest BCUT2D eigenvalue weighted by atomic mass is 31.2. The van der Waals surface area contributed by atoms with Crippen LogP contribution in [0.2, 0.25) is 0 Å². The number of ether oxygens (including phenoxy) is 1. The average Bonchev–Trinajstić information content (AvgIpc) is 2.90. The molecular weight excluding hydrogens is 455 g/mol. The van der Waals surface area contributed by atoms with Crippen LogP contribution in [0.25, 0.3) is 0 Å². The summed E-state index contributed by atoms with van der Waals surface area (Å²) >= 11 is 0. The van der Waals surface area contributed by atoms with E-state index in [0.717, 1.165) is 19.4 Å². The lowest BCUT2D eigenvalue weighted by molar-refractivity contribution is 0.174. The molecule has 0 radical (unpaired) electrons. The molecule has 0 amide bonds. The zero-order valence-corrected chi connectivity index (χ0v) is 23.9. The van der Waals surface area contributed by atoms with Crippen LogP contribution in [0.3, 0.4) is 0 Å². The van der Waals surface area contributed by atoms with E-state index >= 15 is 0 Å². The first kappa shape index (κ1) is 28.6. The van der Waals surface area contributed by atoms with Gasteiger partial charge in [0, 0.05) is 0 Å². The van der Waals surface area contributed by atoms with E-state index in [-0.39, 0.29) is 0 Å². The second-order valence-corrected chi connectivity index (χ2v) is 14.8. The summed E-state index contributed by atoms with van der Waals surface area (Å²) in [5.41, 5.74) is 0.493. The topological polar surface area (TPSA) is 9.23 Å².